The number of benzene rings is 1. The molecule has 0 heterocycles. The van der Waals surface area contributed by atoms with Crippen molar-refractivity contribution < 1.29 is 9.47 Å². The molecule has 90 valence electrons. The molecule has 0 saturated carbocycles. The highest BCUT2D eigenvalue weighted by Crippen LogP contribution is 2.31. The van der Waals surface area contributed by atoms with Gasteiger partial charge in [-0.05, 0) is 24.5 Å². The van der Waals surface area contributed by atoms with Gasteiger partial charge >= 0.3 is 0 Å². The fourth-order valence-corrected chi connectivity index (χ4v) is 1.57. The summed E-state index contributed by atoms with van der Waals surface area (Å²) < 4.78 is 10.5. The van der Waals surface area contributed by atoms with E-state index in [0.717, 1.165) is 24.2 Å². The summed E-state index contributed by atoms with van der Waals surface area (Å²) in [6, 6.07) is 3.79. The summed E-state index contributed by atoms with van der Waals surface area (Å²) in [5, 5.41) is 0. The monoisotopic (exact) mass is 224 g/mol. The zero-order chi connectivity index (χ0) is 12.1. The lowest BCUT2D eigenvalue weighted by molar-refractivity contribution is 0.398. The Morgan fingerprint density at radius 3 is 2.31 bits per heavy atom. The van der Waals surface area contributed by atoms with Gasteiger partial charge in [-0.2, -0.15) is 0 Å². The van der Waals surface area contributed by atoms with Crippen molar-refractivity contribution in [2.75, 3.05) is 20.0 Å². The molecule has 1 rings (SSSR count). The maximum absolute atomic E-state index is 5.93. The zero-order valence-electron chi connectivity index (χ0n) is 10.1. The molecular formula is C12H20N2O2. The van der Waals surface area contributed by atoms with E-state index >= 15 is 0 Å². The van der Waals surface area contributed by atoms with E-state index < -0.39 is 0 Å². The Bertz CT molecular complexity index is 353. The first-order valence-corrected chi connectivity index (χ1v) is 5.38. The third-order valence-electron chi connectivity index (χ3n) is 2.64. The lowest BCUT2D eigenvalue weighted by atomic mass is 10.0. The fourth-order valence-electron chi connectivity index (χ4n) is 1.57. The van der Waals surface area contributed by atoms with Crippen LogP contribution >= 0.6 is 0 Å². The normalized spacial score (nSPS) is 12.2. The van der Waals surface area contributed by atoms with E-state index in [-0.39, 0.29) is 6.04 Å². The quantitative estimate of drug-likeness (QED) is 0.745. The van der Waals surface area contributed by atoms with E-state index in [9.17, 15) is 0 Å². The van der Waals surface area contributed by atoms with Gasteiger partial charge in [0.05, 0.1) is 19.9 Å². The van der Waals surface area contributed by atoms with Gasteiger partial charge in [-0.25, -0.2) is 0 Å². The minimum Gasteiger partial charge on any atom is -0.496 e. The van der Waals surface area contributed by atoms with Crippen molar-refractivity contribution >= 4 is 5.69 Å². The predicted octanol–water partition coefficient (Wildman–Crippen LogP) is 1.57. The van der Waals surface area contributed by atoms with Crippen LogP contribution in [0.1, 0.15) is 18.9 Å². The average Bonchev–Trinajstić information content (AvgIpc) is 2.30. The van der Waals surface area contributed by atoms with E-state index in [1.807, 2.05) is 6.07 Å². The highest BCUT2D eigenvalue weighted by atomic mass is 16.5. The van der Waals surface area contributed by atoms with Crippen LogP contribution < -0.4 is 20.9 Å². The van der Waals surface area contributed by atoms with Crippen molar-refractivity contribution in [1.29, 1.82) is 0 Å². The van der Waals surface area contributed by atoms with Gasteiger partial charge in [0.1, 0.15) is 11.5 Å². The van der Waals surface area contributed by atoms with Crippen molar-refractivity contribution in [2.24, 2.45) is 5.73 Å². The van der Waals surface area contributed by atoms with Gasteiger partial charge in [0.2, 0.25) is 0 Å². The second-order valence-electron chi connectivity index (χ2n) is 3.78. The average molecular weight is 224 g/mol. The molecule has 0 saturated heterocycles. The SMILES string of the molecule is CC[C@@H](N)Cc1cc(OC)c(N)cc1OC. The largest absolute Gasteiger partial charge is 0.496 e. The highest BCUT2D eigenvalue weighted by Gasteiger charge is 2.11. The standard InChI is InChI=1S/C12H20N2O2/c1-4-9(13)5-8-6-12(16-3)10(14)7-11(8)15-2/h6-7,9H,4-5,13-14H2,1-3H3/t9-/m1/s1. The van der Waals surface area contributed by atoms with Gasteiger partial charge < -0.3 is 20.9 Å². The third-order valence-corrected chi connectivity index (χ3v) is 2.64. The first kappa shape index (κ1) is 12.6. The number of ether oxygens (including phenoxy) is 2. The Morgan fingerprint density at radius 1 is 1.19 bits per heavy atom. The van der Waals surface area contributed by atoms with Crippen molar-refractivity contribution in [3.8, 4) is 11.5 Å². The van der Waals surface area contributed by atoms with E-state index in [0.29, 0.717) is 11.4 Å². The lowest BCUT2D eigenvalue weighted by Gasteiger charge is -2.15. The second kappa shape index (κ2) is 5.61. The number of nitrogens with two attached hydrogens (primary N) is 2. The molecule has 0 amide bonds. The van der Waals surface area contributed by atoms with Crippen molar-refractivity contribution in [3.63, 3.8) is 0 Å². The molecule has 4 N–H and O–H groups in total. The fraction of sp³-hybridized carbons (Fsp3) is 0.500. The third kappa shape index (κ3) is 2.79. The summed E-state index contributed by atoms with van der Waals surface area (Å²) in [6.07, 6.45) is 1.69. The van der Waals surface area contributed by atoms with Crippen LogP contribution in [0.2, 0.25) is 0 Å². The topological polar surface area (TPSA) is 70.5 Å². The van der Waals surface area contributed by atoms with Crippen molar-refractivity contribution in [3.05, 3.63) is 17.7 Å². The summed E-state index contributed by atoms with van der Waals surface area (Å²) in [7, 11) is 3.23. The molecule has 0 aliphatic carbocycles. The van der Waals surface area contributed by atoms with Crippen LogP contribution in [-0.4, -0.2) is 20.3 Å². The summed E-state index contributed by atoms with van der Waals surface area (Å²) in [6.45, 7) is 2.06. The zero-order valence-corrected chi connectivity index (χ0v) is 10.1. The Labute approximate surface area is 96.5 Å². The van der Waals surface area contributed by atoms with Crippen LogP contribution in [0.3, 0.4) is 0 Å². The summed E-state index contributed by atoms with van der Waals surface area (Å²) in [5.74, 6) is 1.43. The molecule has 0 bridgehead atoms. The number of methoxy groups -OCH3 is 2. The Balaban J connectivity index is 3.04. The van der Waals surface area contributed by atoms with Crippen LogP contribution in [0, 0.1) is 0 Å². The first-order valence-electron chi connectivity index (χ1n) is 5.38. The van der Waals surface area contributed by atoms with Gasteiger partial charge in [0, 0.05) is 12.1 Å². The van der Waals surface area contributed by atoms with Crippen LogP contribution in [0.15, 0.2) is 12.1 Å². The highest BCUT2D eigenvalue weighted by molar-refractivity contribution is 5.59. The molecule has 16 heavy (non-hydrogen) atoms. The van der Waals surface area contributed by atoms with E-state index in [1.54, 1.807) is 20.3 Å². The minimum atomic E-state index is 0.127. The van der Waals surface area contributed by atoms with Gasteiger partial charge in [0.15, 0.2) is 0 Å². The summed E-state index contributed by atoms with van der Waals surface area (Å²) in [4.78, 5) is 0. The minimum absolute atomic E-state index is 0.127. The van der Waals surface area contributed by atoms with E-state index in [1.165, 1.54) is 0 Å². The number of nitrogen functional groups attached to an aromatic ring is 1. The molecule has 1 aromatic rings. The molecule has 4 nitrogen and oxygen atoms in total. The Morgan fingerprint density at radius 2 is 1.81 bits per heavy atom. The maximum atomic E-state index is 5.93. The molecule has 0 aromatic heterocycles. The maximum Gasteiger partial charge on any atom is 0.142 e. The smallest absolute Gasteiger partial charge is 0.142 e. The molecule has 1 aromatic carbocycles. The predicted molar refractivity (Wildman–Crippen MR) is 65.9 cm³/mol. The van der Waals surface area contributed by atoms with Gasteiger partial charge in [0.25, 0.3) is 0 Å². The van der Waals surface area contributed by atoms with Crippen LogP contribution in [0.5, 0.6) is 11.5 Å². The molecule has 0 aliphatic rings. The van der Waals surface area contributed by atoms with Gasteiger partial charge in [-0.3, -0.25) is 0 Å². The molecule has 4 heteroatoms. The summed E-state index contributed by atoms with van der Waals surface area (Å²) in [5.41, 5.74) is 13.3. The van der Waals surface area contributed by atoms with Crippen molar-refractivity contribution in [1.82, 2.24) is 0 Å². The lowest BCUT2D eigenvalue weighted by Crippen LogP contribution is -2.21. The van der Waals surface area contributed by atoms with E-state index in [2.05, 4.69) is 6.92 Å². The van der Waals surface area contributed by atoms with Gasteiger partial charge in [-0.15, -0.1) is 0 Å². The molecule has 1 atom stereocenters. The summed E-state index contributed by atoms with van der Waals surface area (Å²) >= 11 is 0. The molecular weight excluding hydrogens is 204 g/mol. The first-order chi connectivity index (χ1) is 7.62. The van der Waals surface area contributed by atoms with Crippen LogP contribution in [0.25, 0.3) is 0 Å². The molecule has 0 fully saturated rings. The van der Waals surface area contributed by atoms with E-state index in [4.69, 9.17) is 20.9 Å². The van der Waals surface area contributed by atoms with Gasteiger partial charge in [-0.1, -0.05) is 6.92 Å². The Hall–Kier alpha value is -1.42. The molecule has 0 spiro atoms. The molecule has 0 aliphatic heterocycles. The Kier molecular flexibility index (Phi) is 4.43. The molecule has 0 radical (unpaired) electrons. The van der Waals surface area contributed by atoms with Crippen LogP contribution in [0.4, 0.5) is 5.69 Å². The van der Waals surface area contributed by atoms with Crippen molar-refractivity contribution in [2.45, 2.75) is 25.8 Å². The van der Waals surface area contributed by atoms with Crippen LogP contribution in [-0.2, 0) is 6.42 Å². The number of hydrogen-bond donors (Lipinski definition) is 2. The number of rotatable bonds is 5. The number of anilines is 1. The number of hydrogen-bond acceptors (Lipinski definition) is 4. The molecule has 0 unspecified atom stereocenters. The second-order valence-corrected chi connectivity index (χ2v) is 3.78.